The summed E-state index contributed by atoms with van der Waals surface area (Å²) < 4.78 is 6.63. The lowest BCUT2D eigenvalue weighted by Gasteiger charge is -2.13. The Morgan fingerprint density at radius 2 is 2.14 bits per heavy atom. The second-order valence-electron chi connectivity index (χ2n) is 3.39. The van der Waals surface area contributed by atoms with Crippen LogP contribution >= 0.6 is 15.9 Å². The van der Waals surface area contributed by atoms with E-state index in [1.165, 1.54) is 0 Å². The quantitative estimate of drug-likeness (QED) is 0.900. The zero-order valence-corrected chi connectivity index (χ0v) is 10.0. The average molecular weight is 259 g/mol. The molecule has 78 valence electrons. The summed E-state index contributed by atoms with van der Waals surface area (Å²) in [5, 5.41) is 8.90. The van der Waals surface area contributed by atoms with Crippen LogP contribution < -0.4 is 4.74 Å². The molecule has 0 amide bonds. The van der Waals surface area contributed by atoms with E-state index in [4.69, 9.17) is 9.84 Å². The van der Waals surface area contributed by atoms with E-state index in [2.05, 4.69) is 15.9 Å². The number of hydrogen-bond donors (Lipinski definition) is 1. The first kappa shape index (κ1) is 11.5. The summed E-state index contributed by atoms with van der Waals surface area (Å²) in [5.41, 5.74) is 1.04. The summed E-state index contributed by atoms with van der Waals surface area (Å²) in [4.78, 5) is 0. The zero-order valence-electron chi connectivity index (χ0n) is 8.46. The van der Waals surface area contributed by atoms with Crippen molar-refractivity contribution >= 4 is 15.9 Å². The Labute approximate surface area is 93.0 Å². The second kappa shape index (κ2) is 5.37. The van der Waals surface area contributed by atoms with Crippen LogP contribution in [0.1, 0.15) is 19.4 Å². The molecule has 0 aliphatic rings. The highest BCUT2D eigenvalue weighted by Crippen LogP contribution is 2.24. The molecular weight excluding hydrogens is 244 g/mol. The number of ether oxygens (including phenoxy) is 1. The number of aliphatic hydroxyl groups excluding tert-OH is 1. The van der Waals surface area contributed by atoms with Crippen molar-refractivity contribution in [3.8, 4) is 5.75 Å². The summed E-state index contributed by atoms with van der Waals surface area (Å²) >= 11 is 3.40. The normalized spacial score (nSPS) is 10.6. The smallest absolute Gasteiger partial charge is 0.123 e. The fourth-order valence-electron chi connectivity index (χ4n) is 1.23. The summed E-state index contributed by atoms with van der Waals surface area (Å²) in [6, 6.07) is 5.85. The summed E-state index contributed by atoms with van der Waals surface area (Å²) in [7, 11) is 0. The van der Waals surface area contributed by atoms with Gasteiger partial charge in [-0.3, -0.25) is 0 Å². The molecule has 0 aliphatic heterocycles. The Bertz CT molecular complexity index is 297. The van der Waals surface area contributed by atoms with Crippen LogP contribution in [0.4, 0.5) is 0 Å². The van der Waals surface area contributed by atoms with Crippen LogP contribution in [0.5, 0.6) is 5.75 Å². The second-order valence-corrected chi connectivity index (χ2v) is 4.31. The van der Waals surface area contributed by atoms with Crippen molar-refractivity contribution in [3.63, 3.8) is 0 Å². The van der Waals surface area contributed by atoms with Crippen molar-refractivity contribution in [1.29, 1.82) is 0 Å². The molecule has 0 saturated carbocycles. The SMILES string of the molecule is CC(C)Oc1ccc(Br)cc1CCO. The molecule has 1 N–H and O–H groups in total. The first-order valence-corrected chi connectivity index (χ1v) is 5.48. The number of rotatable bonds is 4. The number of aliphatic hydroxyl groups is 1. The van der Waals surface area contributed by atoms with Crippen LogP contribution in [0.3, 0.4) is 0 Å². The van der Waals surface area contributed by atoms with Crippen LogP contribution in [0.2, 0.25) is 0 Å². The van der Waals surface area contributed by atoms with Gasteiger partial charge in [0, 0.05) is 11.1 Å². The van der Waals surface area contributed by atoms with E-state index >= 15 is 0 Å². The molecule has 0 heterocycles. The third-order valence-electron chi connectivity index (χ3n) is 1.77. The van der Waals surface area contributed by atoms with Gasteiger partial charge in [0.05, 0.1) is 6.10 Å². The lowest BCUT2D eigenvalue weighted by molar-refractivity contribution is 0.236. The zero-order chi connectivity index (χ0) is 10.6. The Hall–Kier alpha value is -0.540. The molecule has 0 saturated heterocycles. The third kappa shape index (κ3) is 3.31. The van der Waals surface area contributed by atoms with Gasteiger partial charge in [0.25, 0.3) is 0 Å². The minimum Gasteiger partial charge on any atom is -0.491 e. The van der Waals surface area contributed by atoms with E-state index in [1.807, 2.05) is 32.0 Å². The highest BCUT2D eigenvalue weighted by Gasteiger charge is 2.05. The Morgan fingerprint density at radius 1 is 1.43 bits per heavy atom. The minimum atomic E-state index is 0.144. The molecule has 1 rings (SSSR count). The Balaban J connectivity index is 2.89. The van der Waals surface area contributed by atoms with Gasteiger partial charge in [0.1, 0.15) is 5.75 Å². The molecule has 0 spiro atoms. The molecule has 0 aromatic heterocycles. The van der Waals surface area contributed by atoms with Gasteiger partial charge in [0.15, 0.2) is 0 Å². The van der Waals surface area contributed by atoms with Gasteiger partial charge >= 0.3 is 0 Å². The van der Waals surface area contributed by atoms with Crippen molar-refractivity contribution in [2.75, 3.05) is 6.61 Å². The first-order chi connectivity index (χ1) is 6.63. The van der Waals surface area contributed by atoms with Gasteiger partial charge in [-0.25, -0.2) is 0 Å². The van der Waals surface area contributed by atoms with E-state index < -0.39 is 0 Å². The molecule has 3 heteroatoms. The molecule has 1 aromatic carbocycles. The molecule has 0 fully saturated rings. The molecular formula is C11H15BrO2. The van der Waals surface area contributed by atoms with Crippen molar-refractivity contribution < 1.29 is 9.84 Å². The highest BCUT2D eigenvalue weighted by molar-refractivity contribution is 9.10. The molecule has 1 aromatic rings. The number of hydrogen-bond acceptors (Lipinski definition) is 2. The summed E-state index contributed by atoms with van der Waals surface area (Å²) in [5.74, 6) is 0.859. The van der Waals surface area contributed by atoms with E-state index in [0.29, 0.717) is 6.42 Å². The molecule has 14 heavy (non-hydrogen) atoms. The number of benzene rings is 1. The third-order valence-corrected chi connectivity index (χ3v) is 2.26. The van der Waals surface area contributed by atoms with Crippen LogP contribution in [0.15, 0.2) is 22.7 Å². The first-order valence-electron chi connectivity index (χ1n) is 4.69. The van der Waals surface area contributed by atoms with Crippen molar-refractivity contribution in [2.45, 2.75) is 26.4 Å². The predicted octanol–water partition coefficient (Wildman–Crippen LogP) is 2.77. The predicted molar refractivity (Wildman–Crippen MR) is 60.7 cm³/mol. The fourth-order valence-corrected chi connectivity index (χ4v) is 1.64. The summed E-state index contributed by atoms with van der Waals surface area (Å²) in [6.07, 6.45) is 0.787. The highest BCUT2D eigenvalue weighted by atomic mass is 79.9. The molecule has 0 aliphatic carbocycles. The van der Waals surface area contributed by atoms with Crippen LogP contribution in [0, 0.1) is 0 Å². The van der Waals surface area contributed by atoms with E-state index in [9.17, 15) is 0 Å². The average Bonchev–Trinajstić information content (AvgIpc) is 2.09. The number of halogens is 1. The standard InChI is InChI=1S/C11H15BrO2/c1-8(2)14-11-4-3-10(12)7-9(11)5-6-13/h3-4,7-8,13H,5-6H2,1-2H3. The van der Waals surface area contributed by atoms with Gasteiger partial charge in [-0.15, -0.1) is 0 Å². The molecule has 0 bridgehead atoms. The fraction of sp³-hybridized carbons (Fsp3) is 0.455. The maximum atomic E-state index is 8.90. The summed E-state index contributed by atoms with van der Waals surface area (Å²) in [6.45, 7) is 4.13. The largest absolute Gasteiger partial charge is 0.491 e. The maximum Gasteiger partial charge on any atom is 0.123 e. The molecule has 2 nitrogen and oxygen atoms in total. The van der Waals surface area contributed by atoms with Crippen LogP contribution in [0.25, 0.3) is 0 Å². The Morgan fingerprint density at radius 3 is 2.71 bits per heavy atom. The lowest BCUT2D eigenvalue weighted by Crippen LogP contribution is -2.08. The molecule has 0 unspecified atom stereocenters. The van der Waals surface area contributed by atoms with Gasteiger partial charge < -0.3 is 9.84 Å². The van der Waals surface area contributed by atoms with E-state index in [0.717, 1.165) is 15.8 Å². The van der Waals surface area contributed by atoms with E-state index in [-0.39, 0.29) is 12.7 Å². The van der Waals surface area contributed by atoms with Crippen LogP contribution in [-0.4, -0.2) is 17.8 Å². The Kier molecular flexibility index (Phi) is 4.42. The van der Waals surface area contributed by atoms with Crippen molar-refractivity contribution in [2.24, 2.45) is 0 Å². The van der Waals surface area contributed by atoms with E-state index in [1.54, 1.807) is 0 Å². The van der Waals surface area contributed by atoms with Crippen LogP contribution in [-0.2, 0) is 6.42 Å². The van der Waals surface area contributed by atoms with Gasteiger partial charge in [0.2, 0.25) is 0 Å². The maximum absolute atomic E-state index is 8.90. The molecule has 0 atom stereocenters. The van der Waals surface area contributed by atoms with Crippen molar-refractivity contribution in [1.82, 2.24) is 0 Å². The monoisotopic (exact) mass is 258 g/mol. The van der Waals surface area contributed by atoms with Crippen molar-refractivity contribution in [3.05, 3.63) is 28.2 Å². The topological polar surface area (TPSA) is 29.5 Å². The van der Waals surface area contributed by atoms with Gasteiger partial charge in [-0.05, 0) is 44.0 Å². The minimum absolute atomic E-state index is 0.144. The van der Waals surface area contributed by atoms with Gasteiger partial charge in [-0.1, -0.05) is 15.9 Å². The van der Waals surface area contributed by atoms with Gasteiger partial charge in [-0.2, -0.15) is 0 Å². The molecule has 0 radical (unpaired) electrons. The lowest BCUT2D eigenvalue weighted by atomic mass is 10.1.